The number of benzene rings is 2. The molecule has 0 saturated heterocycles. The number of hydrogen-bond donors (Lipinski definition) is 1. The molecule has 3 nitrogen and oxygen atoms in total. The average Bonchev–Trinajstić information content (AvgIpc) is 3.10. The van der Waals surface area contributed by atoms with Crippen LogP contribution in [0.15, 0.2) is 60.7 Å². The van der Waals surface area contributed by atoms with Gasteiger partial charge in [0, 0.05) is 18.6 Å². The second-order valence-corrected chi connectivity index (χ2v) is 6.69. The first-order valence-electron chi connectivity index (χ1n) is 8.74. The van der Waals surface area contributed by atoms with Crippen molar-refractivity contribution in [1.82, 2.24) is 4.90 Å². The maximum absolute atomic E-state index is 11.7. The number of hydrogen-bond acceptors (Lipinski definition) is 2. The average molecular weight is 323 g/mol. The van der Waals surface area contributed by atoms with Crippen molar-refractivity contribution >= 4 is 5.97 Å². The van der Waals surface area contributed by atoms with E-state index in [9.17, 15) is 9.90 Å². The van der Waals surface area contributed by atoms with Crippen LogP contribution in [-0.4, -0.2) is 22.0 Å². The van der Waals surface area contributed by atoms with E-state index in [4.69, 9.17) is 0 Å². The maximum Gasteiger partial charge on any atom is 0.308 e. The highest BCUT2D eigenvalue weighted by Gasteiger charge is 2.38. The van der Waals surface area contributed by atoms with Crippen LogP contribution in [0.5, 0.6) is 0 Å². The Bertz CT molecular complexity index is 656. The Labute approximate surface area is 143 Å². The Morgan fingerprint density at radius 2 is 1.71 bits per heavy atom. The Balaban J connectivity index is 1.90. The van der Waals surface area contributed by atoms with Crippen molar-refractivity contribution in [1.29, 1.82) is 0 Å². The number of rotatable bonds is 6. The van der Waals surface area contributed by atoms with Crippen LogP contribution in [0.1, 0.15) is 43.4 Å². The fraction of sp³-hybridized carbons (Fsp3) is 0.381. The Morgan fingerprint density at radius 1 is 1.08 bits per heavy atom. The zero-order chi connectivity index (χ0) is 16.9. The van der Waals surface area contributed by atoms with Crippen molar-refractivity contribution in [2.75, 3.05) is 0 Å². The van der Waals surface area contributed by atoms with E-state index in [1.165, 1.54) is 11.1 Å². The third kappa shape index (κ3) is 3.68. The molecule has 0 heterocycles. The lowest BCUT2D eigenvalue weighted by Gasteiger charge is -2.37. The highest BCUT2D eigenvalue weighted by Crippen LogP contribution is 2.36. The molecule has 0 aromatic heterocycles. The molecule has 0 spiro atoms. The van der Waals surface area contributed by atoms with Crippen LogP contribution in [-0.2, 0) is 11.3 Å². The molecule has 24 heavy (non-hydrogen) atoms. The summed E-state index contributed by atoms with van der Waals surface area (Å²) in [6, 6.07) is 21.0. The topological polar surface area (TPSA) is 40.5 Å². The lowest BCUT2D eigenvalue weighted by Crippen LogP contribution is -2.41. The fourth-order valence-electron chi connectivity index (χ4n) is 3.88. The van der Waals surface area contributed by atoms with Gasteiger partial charge < -0.3 is 5.11 Å². The molecule has 1 saturated carbocycles. The SMILES string of the molecule is CC(c1ccccc1)N(Cc1ccccc1)C1CCCC1C(=O)O. The third-order valence-electron chi connectivity index (χ3n) is 5.21. The summed E-state index contributed by atoms with van der Waals surface area (Å²) in [5.74, 6) is -0.921. The quantitative estimate of drug-likeness (QED) is 0.850. The molecule has 3 unspecified atom stereocenters. The molecule has 3 atom stereocenters. The minimum atomic E-state index is -0.657. The second-order valence-electron chi connectivity index (χ2n) is 6.69. The highest BCUT2D eigenvalue weighted by molar-refractivity contribution is 5.71. The fourth-order valence-corrected chi connectivity index (χ4v) is 3.88. The molecule has 126 valence electrons. The normalized spacial score (nSPS) is 21.8. The molecule has 2 aromatic rings. The van der Waals surface area contributed by atoms with Gasteiger partial charge >= 0.3 is 5.97 Å². The van der Waals surface area contributed by atoms with E-state index in [2.05, 4.69) is 48.2 Å². The molecule has 3 heteroatoms. The molecule has 1 N–H and O–H groups in total. The molecule has 0 amide bonds. The van der Waals surface area contributed by atoms with E-state index in [0.717, 1.165) is 25.8 Å². The second kappa shape index (κ2) is 7.63. The smallest absolute Gasteiger partial charge is 0.308 e. The molecule has 1 aliphatic carbocycles. The van der Waals surface area contributed by atoms with Crippen molar-refractivity contribution in [2.45, 2.75) is 44.8 Å². The largest absolute Gasteiger partial charge is 0.481 e. The minimum absolute atomic E-state index is 0.0953. The molecular formula is C21H25NO2. The molecule has 2 aromatic carbocycles. The first-order valence-corrected chi connectivity index (χ1v) is 8.74. The van der Waals surface area contributed by atoms with Gasteiger partial charge in [0.2, 0.25) is 0 Å². The summed E-state index contributed by atoms with van der Waals surface area (Å²) < 4.78 is 0. The first kappa shape index (κ1) is 16.7. The summed E-state index contributed by atoms with van der Waals surface area (Å²) >= 11 is 0. The molecule has 3 rings (SSSR count). The maximum atomic E-state index is 11.7. The van der Waals surface area contributed by atoms with Gasteiger partial charge in [-0.05, 0) is 30.9 Å². The Hall–Kier alpha value is -2.13. The monoisotopic (exact) mass is 323 g/mol. The Morgan fingerprint density at radius 3 is 2.33 bits per heavy atom. The van der Waals surface area contributed by atoms with E-state index in [1.54, 1.807) is 0 Å². The number of carboxylic acids is 1. The van der Waals surface area contributed by atoms with Gasteiger partial charge in [-0.2, -0.15) is 0 Å². The lowest BCUT2D eigenvalue weighted by atomic mass is 9.97. The van der Waals surface area contributed by atoms with Gasteiger partial charge in [0.25, 0.3) is 0 Å². The van der Waals surface area contributed by atoms with Crippen LogP contribution in [0.3, 0.4) is 0 Å². The summed E-state index contributed by atoms with van der Waals surface area (Å²) in [5, 5.41) is 9.62. The van der Waals surface area contributed by atoms with Crippen molar-refractivity contribution in [3.05, 3.63) is 71.8 Å². The van der Waals surface area contributed by atoms with Crippen LogP contribution >= 0.6 is 0 Å². The zero-order valence-corrected chi connectivity index (χ0v) is 14.1. The van der Waals surface area contributed by atoms with Crippen LogP contribution in [0.4, 0.5) is 0 Å². The van der Waals surface area contributed by atoms with Crippen LogP contribution in [0, 0.1) is 5.92 Å². The van der Waals surface area contributed by atoms with Gasteiger partial charge in [0.15, 0.2) is 0 Å². The summed E-state index contributed by atoms with van der Waals surface area (Å²) in [7, 11) is 0. The lowest BCUT2D eigenvalue weighted by molar-refractivity contribution is -0.143. The number of aliphatic carboxylic acids is 1. The van der Waals surface area contributed by atoms with Crippen LogP contribution in [0.25, 0.3) is 0 Å². The van der Waals surface area contributed by atoms with Gasteiger partial charge in [-0.3, -0.25) is 9.69 Å². The van der Waals surface area contributed by atoms with E-state index in [0.29, 0.717) is 0 Å². The molecule has 0 radical (unpaired) electrons. The van der Waals surface area contributed by atoms with Gasteiger partial charge in [0.1, 0.15) is 0 Å². The molecule has 0 aliphatic heterocycles. The first-order chi connectivity index (χ1) is 11.7. The van der Waals surface area contributed by atoms with Crippen LogP contribution < -0.4 is 0 Å². The van der Waals surface area contributed by atoms with E-state index >= 15 is 0 Å². The van der Waals surface area contributed by atoms with E-state index in [-0.39, 0.29) is 18.0 Å². The molecule has 0 bridgehead atoms. The standard InChI is InChI=1S/C21H25NO2/c1-16(18-11-6-3-7-12-18)22(15-17-9-4-2-5-10-17)20-14-8-13-19(20)21(23)24/h2-7,9-12,16,19-20H,8,13-15H2,1H3,(H,23,24). The molecule has 1 fully saturated rings. The number of nitrogens with zero attached hydrogens (tertiary/aromatic N) is 1. The van der Waals surface area contributed by atoms with Crippen molar-refractivity contribution in [2.24, 2.45) is 5.92 Å². The van der Waals surface area contributed by atoms with E-state index < -0.39 is 5.97 Å². The Kier molecular flexibility index (Phi) is 5.31. The van der Waals surface area contributed by atoms with Crippen molar-refractivity contribution in [3.63, 3.8) is 0 Å². The van der Waals surface area contributed by atoms with Gasteiger partial charge in [0.05, 0.1) is 5.92 Å². The summed E-state index contributed by atoms with van der Waals surface area (Å²) in [4.78, 5) is 14.1. The van der Waals surface area contributed by atoms with Gasteiger partial charge in [-0.25, -0.2) is 0 Å². The summed E-state index contributed by atoms with van der Waals surface area (Å²) in [5.41, 5.74) is 2.47. The van der Waals surface area contributed by atoms with Crippen molar-refractivity contribution in [3.8, 4) is 0 Å². The van der Waals surface area contributed by atoms with Gasteiger partial charge in [-0.1, -0.05) is 67.1 Å². The van der Waals surface area contributed by atoms with E-state index in [1.807, 2.05) is 24.3 Å². The highest BCUT2D eigenvalue weighted by atomic mass is 16.4. The molecule has 1 aliphatic rings. The number of carboxylic acid groups (broad SMARTS) is 1. The predicted molar refractivity (Wildman–Crippen MR) is 95.6 cm³/mol. The zero-order valence-electron chi connectivity index (χ0n) is 14.1. The summed E-state index contributed by atoms with van der Waals surface area (Å²) in [6.07, 6.45) is 2.74. The minimum Gasteiger partial charge on any atom is -0.481 e. The van der Waals surface area contributed by atoms with Gasteiger partial charge in [-0.15, -0.1) is 0 Å². The molecular weight excluding hydrogens is 298 g/mol. The number of carbonyl (C=O) groups is 1. The summed E-state index contributed by atoms with van der Waals surface area (Å²) in [6.45, 7) is 2.97. The van der Waals surface area contributed by atoms with Crippen molar-refractivity contribution < 1.29 is 9.90 Å². The predicted octanol–water partition coefficient (Wildman–Crippen LogP) is 4.50. The van der Waals surface area contributed by atoms with Crippen LogP contribution in [0.2, 0.25) is 0 Å². The third-order valence-corrected chi connectivity index (χ3v) is 5.21.